The van der Waals surface area contributed by atoms with Crippen molar-refractivity contribution in [3.8, 4) is 0 Å². The third-order valence-corrected chi connectivity index (χ3v) is 5.00. The molecule has 1 saturated heterocycles. The maximum Gasteiger partial charge on any atom is 0.133 e. The summed E-state index contributed by atoms with van der Waals surface area (Å²) < 4.78 is 0. The van der Waals surface area contributed by atoms with Crippen molar-refractivity contribution in [1.82, 2.24) is 14.9 Å². The van der Waals surface area contributed by atoms with Gasteiger partial charge in [0.1, 0.15) is 11.6 Å². The summed E-state index contributed by atoms with van der Waals surface area (Å²) in [5.41, 5.74) is 3.54. The van der Waals surface area contributed by atoms with Crippen molar-refractivity contribution < 1.29 is 0 Å². The summed E-state index contributed by atoms with van der Waals surface area (Å²) in [6.07, 6.45) is 2.27. The number of rotatable bonds is 4. The van der Waals surface area contributed by atoms with E-state index in [2.05, 4.69) is 39.2 Å². The van der Waals surface area contributed by atoms with Gasteiger partial charge in [0.2, 0.25) is 0 Å². The number of hydrogen-bond donors (Lipinski definition) is 1. The largest absolute Gasteiger partial charge is 0.367 e. The van der Waals surface area contributed by atoms with Crippen LogP contribution < -0.4 is 5.32 Å². The smallest absolute Gasteiger partial charge is 0.133 e. The molecule has 0 spiro atoms. The van der Waals surface area contributed by atoms with Gasteiger partial charge >= 0.3 is 0 Å². The van der Waals surface area contributed by atoms with Crippen LogP contribution in [0.1, 0.15) is 35.5 Å². The second kappa shape index (κ2) is 7.49. The number of hydrogen-bond acceptors (Lipinski definition) is 4. The maximum absolute atomic E-state index is 5.95. The first kappa shape index (κ1) is 17.2. The van der Waals surface area contributed by atoms with Crippen LogP contribution in [0.2, 0.25) is 5.02 Å². The molecule has 0 saturated carbocycles. The van der Waals surface area contributed by atoms with Crippen molar-refractivity contribution in [1.29, 1.82) is 0 Å². The van der Waals surface area contributed by atoms with Crippen molar-refractivity contribution in [2.75, 3.05) is 18.4 Å². The summed E-state index contributed by atoms with van der Waals surface area (Å²) >= 11 is 5.95. The van der Waals surface area contributed by atoms with Gasteiger partial charge in [-0.2, -0.15) is 0 Å². The highest BCUT2D eigenvalue weighted by Gasteiger charge is 2.20. The van der Waals surface area contributed by atoms with Gasteiger partial charge in [0.05, 0.1) is 0 Å². The first-order valence-electron chi connectivity index (χ1n) is 8.56. The fourth-order valence-electron chi connectivity index (χ4n) is 3.19. The molecule has 1 aromatic heterocycles. The zero-order valence-corrected chi connectivity index (χ0v) is 15.4. The molecule has 0 aliphatic carbocycles. The van der Waals surface area contributed by atoms with Gasteiger partial charge in [0.25, 0.3) is 0 Å². The standard InChI is InChI=1S/C19H25ClN4/c1-13-14(2)21-15(3)22-19(13)23-18-8-10-24(11-9-18)12-16-4-6-17(20)7-5-16/h4-7,18H,8-12H2,1-3H3,(H,21,22,23). The Kier molecular flexibility index (Phi) is 5.36. The highest BCUT2D eigenvalue weighted by molar-refractivity contribution is 6.30. The van der Waals surface area contributed by atoms with Crippen LogP contribution in [0.15, 0.2) is 24.3 Å². The molecule has 2 heterocycles. The summed E-state index contributed by atoms with van der Waals surface area (Å²) in [7, 11) is 0. The minimum absolute atomic E-state index is 0.485. The van der Waals surface area contributed by atoms with Crippen LogP contribution in [0.4, 0.5) is 5.82 Å². The molecule has 1 N–H and O–H groups in total. The van der Waals surface area contributed by atoms with Crippen LogP contribution in [-0.2, 0) is 6.54 Å². The normalized spacial score (nSPS) is 16.3. The Labute approximate surface area is 149 Å². The molecule has 0 unspecified atom stereocenters. The number of halogens is 1. The Hall–Kier alpha value is -1.65. The molecule has 5 heteroatoms. The Bertz CT molecular complexity index is 691. The number of benzene rings is 1. The van der Waals surface area contributed by atoms with E-state index in [1.54, 1.807) is 0 Å². The Morgan fingerprint density at radius 1 is 1.08 bits per heavy atom. The van der Waals surface area contributed by atoms with Crippen molar-refractivity contribution in [3.63, 3.8) is 0 Å². The van der Waals surface area contributed by atoms with Gasteiger partial charge in [-0.1, -0.05) is 23.7 Å². The second-order valence-corrected chi connectivity index (χ2v) is 7.09. The van der Waals surface area contributed by atoms with Gasteiger partial charge in [0.15, 0.2) is 0 Å². The van der Waals surface area contributed by atoms with E-state index in [1.165, 1.54) is 5.56 Å². The molecule has 0 amide bonds. The quantitative estimate of drug-likeness (QED) is 0.905. The molecule has 2 aromatic rings. The lowest BCUT2D eigenvalue weighted by molar-refractivity contribution is 0.211. The number of anilines is 1. The molecule has 3 rings (SSSR count). The average Bonchev–Trinajstić information content (AvgIpc) is 2.56. The number of aromatic nitrogens is 2. The van der Waals surface area contributed by atoms with Crippen LogP contribution in [0, 0.1) is 20.8 Å². The highest BCUT2D eigenvalue weighted by atomic mass is 35.5. The molecule has 1 aliphatic heterocycles. The lowest BCUT2D eigenvalue weighted by Crippen LogP contribution is -2.39. The topological polar surface area (TPSA) is 41.1 Å². The number of likely N-dealkylation sites (tertiary alicyclic amines) is 1. The minimum atomic E-state index is 0.485. The number of nitrogens with one attached hydrogen (secondary N) is 1. The second-order valence-electron chi connectivity index (χ2n) is 6.65. The van der Waals surface area contributed by atoms with E-state index < -0.39 is 0 Å². The molecule has 0 bridgehead atoms. The van der Waals surface area contributed by atoms with E-state index >= 15 is 0 Å². The summed E-state index contributed by atoms with van der Waals surface area (Å²) in [6, 6.07) is 8.64. The molecule has 128 valence electrons. The van der Waals surface area contributed by atoms with E-state index in [9.17, 15) is 0 Å². The van der Waals surface area contributed by atoms with Crippen molar-refractivity contribution >= 4 is 17.4 Å². The lowest BCUT2D eigenvalue weighted by Gasteiger charge is -2.33. The molecular weight excluding hydrogens is 320 g/mol. The predicted octanol–water partition coefficient (Wildman–Crippen LogP) is 4.13. The zero-order chi connectivity index (χ0) is 17.1. The summed E-state index contributed by atoms with van der Waals surface area (Å²) in [5, 5.41) is 4.43. The molecule has 4 nitrogen and oxygen atoms in total. The van der Waals surface area contributed by atoms with Crippen molar-refractivity contribution in [2.24, 2.45) is 0 Å². The van der Waals surface area contributed by atoms with Gasteiger partial charge in [0, 0.05) is 42.0 Å². The van der Waals surface area contributed by atoms with Crippen LogP contribution in [0.25, 0.3) is 0 Å². The fraction of sp³-hybridized carbons (Fsp3) is 0.474. The molecule has 24 heavy (non-hydrogen) atoms. The molecule has 0 radical (unpaired) electrons. The number of nitrogens with zero attached hydrogens (tertiary/aromatic N) is 3. The number of aryl methyl sites for hydroxylation is 2. The molecular formula is C19H25ClN4. The number of piperidine rings is 1. The van der Waals surface area contributed by atoms with Gasteiger partial charge in [-0.15, -0.1) is 0 Å². The Morgan fingerprint density at radius 2 is 1.75 bits per heavy atom. The monoisotopic (exact) mass is 344 g/mol. The van der Waals surface area contributed by atoms with Crippen LogP contribution in [-0.4, -0.2) is 34.0 Å². The average molecular weight is 345 g/mol. The SMILES string of the molecule is Cc1nc(C)c(C)c(NC2CCN(Cc3ccc(Cl)cc3)CC2)n1. The Morgan fingerprint density at radius 3 is 2.42 bits per heavy atom. The first-order valence-corrected chi connectivity index (χ1v) is 8.94. The van der Waals surface area contributed by atoms with Crippen molar-refractivity contribution in [2.45, 2.75) is 46.2 Å². The van der Waals surface area contributed by atoms with E-state index in [-0.39, 0.29) is 0 Å². The molecule has 0 atom stereocenters. The predicted molar refractivity (Wildman–Crippen MR) is 99.6 cm³/mol. The fourth-order valence-corrected chi connectivity index (χ4v) is 3.31. The van der Waals surface area contributed by atoms with E-state index in [0.29, 0.717) is 6.04 Å². The molecule has 1 aromatic carbocycles. The Balaban J connectivity index is 1.55. The van der Waals surface area contributed by atoms with E-state index in [0.717, 1.165) is 60.4 Å². The van der Waals surface area contributed by atoms with Crippen molar-refractivity contribution in [3.05, 3.63) is 51.9 Å². The van der Waals surface area contributed by atoms with E-state index in [4.69, 9.17) is 11.6 Å². The first-order chi connectivity index (χ1) is 11.5. The lowest BCUT2D eigenvalue weighted by atomic mass is 10.0. The summed E-state index contributed by atoms with van der Waals surface area (Å²) in [4.78, 5) is 11.5. The molecule has 1 fully saturated rings. The van der Waals surface area contributed by atoms with Gasteiger partial charge in [-0.05, 0) is 51.3 Å². The van der Waals surface area contributed by atoms with E-state index in [1.807, 2.05) is 26.0 Å². The van der Waals surface area contributed by atoms with Crippen LogP contribution in [0.3, 0.4) is 0 Å². The minimum Gasteiger partial charge on any atom is -0.367 e. The third kappa shape index (κ3) is 4.25. The van der Waals surface area contributed by atoms with Gasteiger partial charge in [-0.25, -0.2) is 9.97 Å². The van der Waals surface area contributed by atoms with Crippen LogP contribution >= 0.6 is 11.6 Å². The maximum atomic E-state index is 5.95. The zero-order valence-electron chi connectivity index (χ0n) is 14.6. The third-order valence-electron chi connectivity index (χ3n) is 4.75. The van der Waals surface area contributed by atoms with Gasteiger partial charge in [-0.3, -0.25) is 4.90 Å². The summed E-state index contributed by atoms with van der Waals surface area (Å²) in [5.74, 6) is 1.83. The summed E-state index contributed by atoms with van der Waals surface area (Å²) in [6.45, 7) is 9.28. The molecule has 1 aliphatic rings. The highest BCUT2D eigenvalue weighted by Crippen LogP contribution is 2.21. The van der Waals surface area contributed by atoms with Gasteiger partial charge < -0.3 is 5.32 Å². The van der Waals surface area contributed by atoms with Crippen LogP contribution in [0.5, 0.6) is 0 Å².